The van der Waals surface area contributed by atoms with Crippen molar-refractivity contribution in [2.75, 3.05) is 13.3 Å². The van der Waals surface area contributed by atoms with Gasteiger partial charge in [-0.25, -0.2) is 14.4 Å². The normalized spacial score (nSPS) is 13.1. The Bertz CT molecular complexity index is 1260. The van der Waals surface area contributed by atoms with Crippen LogP contribution in [-0.2, 0) is 41.5 Å². The van der Waals surface area contributed by atoms with Gasteiger partial charge in [-0.2, -0.15) is 0 Å². The van der Waals surface area contributed by atoms with Gasteiger partial charge in [-0.05, 0) is 23.6 Å². The van der Waals surface area contributed by atoms with Gasteiger partial charge in [-0.1, -0.05) is 66.7 Å². The summed E-state index contributed by atoms with van der Waals surface area (Å²) in [7, 11) is -2.74. The molecule has 11 nitrogen and oxygen atoms in total. The third-order valence-corrected chi connectivity index (χ3v) is 7.21. The molecule has 0 bridgehead atoms. The van der Waals surface area contributed by atoms with Crippen LogP contribution < -0.4 is 4.52 Å². The lowest BCUT2D eigenvalue weighted by atomic mass is 10.2. The van der Waals surface area contributed by atoms with Gasteiger partial charge in [0.05, 0.1) is 17.2 Å². The predicted molar refractivity (Wildman–Crippen MR) is 137 cm³/mol. The first kappa shape index (κ1) is 28.5. The molecule has 0 saturated carbocycles. The number of esters is 1. The lowest BCUT2D eigenvalue weighted by molar-refractivity contribution is -0.384. The van der Waals surface area contributed by atoms with Crippen molar-refractivity contribution < 1.29 is 37.7 Å². The van der Waals surface area contributed by atoms with Crippen molar-refractivity contribution >= 4 is 25.7 Å². The third-order valence-electron chi connectivity index (χ3n) is 5.36. The molecular weight excluding hydrogens is 515 g/mol. The van der Waals surface area contributed by atoms with E-state index < -0.39 is 24.5 Å². The SMILES string of the molecule is COP(=O)(CCC(C(=O)OCc1ccccc1)N(C=O)OCc1ccccc1)Oc1cccc([N+](=O)[O-])c1. The molecule has 0 aromatic heterocycles. The molecule has 0 N–H and O–H groups in total. The topological polar surface area (TPSA) is 135 Å². The second-order valence-corrected chi connectivity index (χ2v) is 10.2. The zero-order chi connectivity index (χ0) is 27.4. The number of hydrogen-bond donors (Lipinski definition) is 0. The van der Waals surface area contributed by atoms with Crippen molar-refractivity contribution in [1.82, 2.24) is 5.06 Å². The van der Waals surface area contributed by atoms with Crippen molar-refractivity contribution in [3.05, 3.63) is 106 Å². The fraction of sp³-hybridized carbons (Fsp3) is 0.231. The van der Waals surface area contributed by atoms with E-state index in [1.807, 2.05) is 12.1 Å². The van der Waals surface area contributed by atoms with E-state index in [-0.39, 0.29) is 37.2 Å². The summed E-state index contributed by atoms with van der Waals surface area (Å²) < 4.78 is 29.3. The molecule has 2 atom stereocenters. The van der Waals surface area contributed by atoms with Crippen molar-refractivity contribution in [1.29, 1.82) is 0 Å². The monoisotopic (exact) mass is 542 g/mol. The number of nitro benzene ring substituents is 1. The average molecular weight is 542 g/mol. The molecule has 0 heterocycles. The minimum Gasteiger partial charge on any atom is -0.459 e. The van der Waals surface area contributed by atoms with Crippen LogP contribution in [-0.4, -0.2) is 41.7 Å². The summed E-state index contributed by atoms with van der Waals surface area (Å²) in [6, 6.07) is 21.8. The molecule has 0 aliphatic carbocycles. The molecule has 3 aromatic carbocycles. The molecular formula is C26H27N2O9P. The fourth-order valence-electron chi connectivity index (χ4n) is 3.36. The summed E-state index contributed by atoms with van der Waals surface area (Å²) in [4.78, 5) is 41.0. The van der Waals surface area contributed by atoms with Crippen molar-refractivity contribution in [3.63, 3.8) is 0 Å². The van der Waals surface area contributed by atoms with Crippen LogP contribution in [0.15, 0.2) is 84.9 Å². The molecule has 0 saturated heterocycles. The van der Waals surface area contributed by atoms with Crippen LogP contribution in [0.5, 0.6) is 5.75 Å². The van der Waals surface area contributed by atoms with Crippen LogP contribution in [0.2, 0.25) is 0 Å². The van der Waals surface area contributed by atoms with Gasteiger partial charge in [0, 0.05) is 13.2 Å². The van der Waals surface area contributed by atoms with Gasteiger partial charge >= 0.3 is 13.6 Å². The zero-order valence-corrected chi connectivity index (χ0v) is 21.5. The highest BCUT2D eigenvalue weighted by molar-refractivity contribution is 7.54. The van der Waals surface area contributed by atoms with Gasteiger partial charge in [0.15, 0.2) is 6.04 Å². The van der Waals surface area contributed by atoms with Gasteiger partial charge in [0.1, 0.15) is 19.0 Å². The number of hydrogen-bond acceptors (Lipinski definition) is 9. The highest BCUT2D eigenvalue weighted by Gasteiger charge is 2.34. The summed E-state index contributed by atoms with van der Waals surface area (Å²) in [5.41, 5.74) is 1.24. The molecule has 0 aliphatic heterocycles. The van der Waals surface area contributed by atoms with E-state index >= 15 is 0 Å². The van der Waals surface area contributed by atoms with Gasteiger partial charge in [0.25, 0.3) is 5.69 Å². The number of ether oxygens (including phenoxy) is 1. The summed E-state index contributed by atoms with van der Waals surface area (Å²) in [6.45, 7) is -0.0537. The minimum atomic E-state index is -3.90. The van der Waals surface area contributed by atoms with Crippen molar-refractivity contribution in [2.24, 2.45) is 0 Å². The van der Waals surface area contributed by atoms with Gasteiger partial charge in [-0.15, -0.1) is 0 Å². The number of hydroxylamine groups is 2. The molecule has 200 valence electrons. The Labute approximate surface area is 219 Å². The number of carbonyl (C=O) groups excluding carboxylic acids is 2. The molecule has 0 aliphatic rings. The second kappa shape index (κ2) is 14.0. The number of non-ortho nitro benzene ring substituents is 1. The Morgan fingerprint density at radius 3 is 2.21 bits per heavy atom. The highest BCUT2D eigenvalue weighted by atomic mass is 31.2. The predicted octanol–water partition coefficient (Wildman–Crippen LogP) is 4.91. The summed E-state index contributed by atoms with van der Waals surface area (Å²) >= 11 is 0. The first-order valence-corrected chi connectivity index (χ1v) is 13.3. The van der Waals surface area contributed by atoms with E-state index in [4.69, 9.17) is 18.6 Å². The summed E-state index contributed by atoms with van der Waals surface area (Å²) in [6.07, 6.45) is -0.186. The summed E-state index contributed by atoms with van der Waals surface area (Å²) in [5, 5.41) is 11.9. The maximum Gasteiger partial charge on any atom is 0.379 e. The van der Waals surface area contributed by atoms with Crippen LogP contribution in [0, 0.1) is 10.1 Å². The maximum absolute atomic E-state index is 13.3. The first-order chi connectivity index (χ1) is 18.3. The van der Waals surface area contributed by atoms with Crippen molar-refractivity contribution in [3.8, 4) is 5.75 Å². The highest BCUT2D eigenvalue weighted by Crippen LogP contribution is 2.48. The van der Waals surface area contributed by atoms with E-state index in [0.717, 1.165) is 29.4 Å². The standard InChI is InChI=1S/C26H27N2O9P/c1-34-38(33,37-24-14-8-13-23(17-24)28(31)32)16-15-25(26(30)35-18-21-9-4-2-5-10-21)27(20-29)36-19-22-11-6-3-7-12-22/h2-14,17,20,25H,15-16,18-19H2,1H3. The maximum atomic E-state index is 13.3. The van der Waals surface area contributed by atoms with Crippen LogP contribution in [0.4, 0.5) is 5.69 Å². The van der Waals surface area contributed by atoms with Crippen LogP contribution >= 0.6 is 7.60 Å². The fourth-order valence-corrected chi connectivity index (χ4v) is 4.70. The average Bonchev–Trinajstić information content (AvgIpc) is 2.94. The zero-order valence-electron chi connectivity index (χ0n) is 20.6. The molecule has 0 radical (unpaired) electrons. The molecule has 38 heavy (non-hydrogen) atoms. The Morgan fingerprint density at radius 1 is 1.00 bits per heavy atom. The lowest BCUT2D eigenvalue weighted by Gasteiger charge is -2.27. The molecule has 3 rings (SSSR count). The molecule has 12 heteroatoms. The van der Waals surface area contributed by atoms with Gasteiger partial charge in [0.2, 0.25) is 6.41 Å². The Balaban J connectivity index is 1.75. The van der Waals surface area contributed by atoms with Crippen LogP contribution in [0.1, 0.15) is 17.5 Å². The van der Waals surface area contributed by atoms with E-state index in [1.54, 1.807) is 48.5 Å². The Kier molecular flexibility index (Phi) is 10.5. The molecule has 2 unspecified atom stereocenters. The van der Waals surface area contributed by atoms with E-state index in [0.29, 0.717) is 6.41 Å². The quantitative estimate of drug-likeness (QED) is 0.0863. The Morgan fingerprint density at radius 2 is 1.63 bits per heavy atom. The van der Waals surface area contributed by atoms with Crippen LogP contribution in [0.25, 0.3) is 0 Å². The number of rotatable bonds is 15. The summed E-state index contributed by atoms with van der Waals surface area (Å²) in [5.74, 6) is -0.827. The smallest absolute Gasteiger partial charge is 0.379 e. The van der Waals surface area contributed by atoms with Crippen LogP contribution in [0.3, 0.4) is 0 Å². The van der Waals surface area contributed by atoms with E-state index in [9.17, 15) is 24.3 Å². The first-order valence-electron chi connectivity index (χ1n) is 11.5. The number of nitrogens with zero attached hydrogens (tertiary/aromatic N) is 2. The van der Waals surface area contributed by atoms with E-state index in [2.05, 4.69) is 0 Å². The number of benzene rings is 3. The van der Waals surface area contributed by atoms with E-state index in [1.165, 1.54) is 18.2 Å². The molecule has 3 aromatic rings. The number of carbonyl (C=O) groups is 2. The molecule has 0 fully saturated rings. The number of nitro groups is 1. The minimum absolute atomic E-state index is 0.00579. The van der Waals surface area contributed by atoms with Crippen molar-refractivity contribution in [2.45, 2.75) is 25.7 Å². The second-order valence-electron chi connectivity index (χ2n) is 7.98. The van der Waals surface area contributed by atoms with Gasteiger partial charge in [-0.3, -0.25) is 19.7 Å². The third kappa shape index (κ3) is 8.52. The number of amides is 1. The molecule has 0 spiro atoms. The largest absolute Gasteiger partial charge is 0.459 e. The van der Waals surface area contributed by atoms with Gasteiger partial charge < -0.3 is 13.8 Å². The Hall–Kier alpha value is -4.05. The molecule has 1 amide bonds. The lowest BCUT2D eigenvalue weighted by Crippen LogP contribution is -2.42.